The zero-order valence-electron chi connectivity index (χ0n) is 19.6. The molecule has 0 bridgehead atoms. The van der Waals surface area contributed by atoms with Crippen molar-refractivity contribution in [3.8, 4) is 0 Å². The van der Waals surface area contributed by atoms with Crippen LogP contribution >= 0.6 is 11.8 Å². The molecule has 0 fully saturated rings. The van der Waals surface area contributed by atoms with E-state index in [9.17, 15) is 13.8 Å². The Bertz CT molecular complexity index is 682. The average molecular weight is 484 g/mol. The minimum Gasteiger partial charge on any atom is -0.481 e. The van der Waals surface area contributed by atoms with Crippen LogP contribution in [0, 0.1) is 0 Å². The molecule has 5 nitrogen and oxygen atoms in total. The van der Waals surface area contributed by atoms with E-state index in [1.807, 2.05) is 24.3 Å². The molecule has 1 aromatic carbocycles. The summed E-state index contributed by atoms with van der Waals surface area (Å²) in [4.78, 5) is 23.9. The Morgan fingerprint density at radius 2 is 1.41 bits per heavy atom. The Morgan fingerprint density at radius 1 is 0.844 bits per heavy atom. The van der Waals surface area contributed by atoms with Gasteiger partial charge in [0.15, 0.2) is 0 Å². The second-order valence-corrected chi connectivity index (χ2v) is 11.0. The van der Waals surface area contributed by atoms with Crippen LogP contribution in [0.1, 0.15) is 89.9 Å². The fourth-order valence-electron chi connectivity index (χ4n) is 3.50. The molecular weight excluding hydrogens is 442 g/mol. The van der Waals surface area contributed by atoms with E-state index in [-0.39, 0.29) is 12.3 Å². The molecule has 0 heterocycles. The minimum absolute atomic E-state index is 0.0514. The lowest BCUT2D eigenvalue weighted by molar-refractivity contribution is -0.137. The SMILES string of the molecule is CS(=O)CCCCCCCCCCCCCC(=O)Nc1ccccc1SCCCC(=O)O. The number of carbonyl (C=O) groups excluding carboxylic acids is 1. The van der Waals surface area contributed by atoms with E-state index in [1.165, 1.54) is 51.4 Å². The number of amides is 1. The summed E-state index contributed by atoms with van der Waals surface area (Å²) in [6.45, 7) is 0. The highest BCUT2D eigenvalue weighted by Crippen LogP contribution is 2.28. The summed E-state index contributed by atoms with van der Waals surface area (Å²) in [6.07, 6.45) is 16.2. The number of carboxylic acids is 1. The lowest BCUT2D eigenvalue weighted by Gasteiger charge is -2.10. The number of hydrogen-bond donors (Lipinski definition) is 2. The summed E-state index contributed by atoms with van der Waals surface area (Å²) in [5.74, 6) is 0.846. The normalized spacial score (nSPS) is 11.9. The summed E-state index contributed by atoms with van der Waals surface area (Å²) >= 11 is 1.59. The Balaban J connectivity index is 2.04. The number of nitrogens with one attached hydrogen (secondary N) is 1. The Labute approximate surface area is 201 Å². The van der Waals surface area contributed by atoms with Crippen molar-refractivity contribution in [2.45, 2.75) is 94.8 Å². The maximum absolute atomic E-state index is 12.3. The van der Waals surface area contributed by atoms with Gasteiger partial charge in [-0.3, -0.25) is 13.8 Å². The molecule has 0 radical (unpaired) electrons. The number of aliphatic carboxylic acids is 1. The van der Waals surface area contributed by atoms with Crippen LogP contribution in [0.15, 0.2) is 29.2 Å². The molecule has 2 N–H and O–H groups in total. The van der Waals surface area contributed by atoms with Crippen molar-refractivity contribution in [1.29, 1.82) is 0 Å². The van der Waals surface area contributed by atoms with Gasteiger partial charge in [-0.15, -0.1) is 11.8 Å². The first kappa shape index (κ1) is 28.7. The van der Waals surface area contributed by atoms with Crippen molar-refractivity contribution in [3.63, 3.8) is 0 Å². The number of thioether (sulfide) groups is 1. The van der Waals surface area contributed by atoms with Crippen LogP contribution in [0.5, 0.6) is 0 Å². The lowest BCUT2D eigenvalue weighted by Crippen LogP contribution is -2.11. The maximum Gasteiger partial charge on any atom is 0.303 e. The van der Waals surface area contributed by atoms with Gasteiger partial charge in [0.1, 0.15) is 0 Å². The van der Waals surface area contributed by atoms with Gasteiger partial charge in [-0.1, -0.05) is 69.9 Å². The van der Waals surface area contributed by atoms with Crippen LogP contribution in [0.3, 0.4) is 0 Å². The van der Waals surface area contributed by atoms with Crippen LogP contribution in [-0.4, -0.2) is 39.0 Å². The molecule has 0 aliphatic rings. The second kappa shape index (κ2) is 19.2. The van der Waals surface area contributed by atoms with Gasteiger partial charge < -0.3 is 10.4 Å². The van der Waals surface area contributed by atoms with Gasteiger partial charge in [0, 0.05) is 40.5 Å². The van der Waals surface area contributed by atoms with Crippen molar-refractivity contribution in [2.24, 2.45) is 0 Å². The van der Waals surface area contributed by atoms with E-state index in [0.29, 0.717) is 12.8 Å². The number of rotatable bonds is 20. The Hall–Kier alpha value is -1.34. The third-order valence-corrected chi connectivity index (χ3v) is 7.31. The van der Waals surface area contributed by atoms with E-state index in [2.05, 4.69) is 5.32 Å². The number of carboxylic acid groups (broad SMARTS) is 1. The number of carbonyl (C=O) groups is 2. The molecule has 7 heteroatoms. The first-order valence-corrected chi connectivity index (χ1v) is 14.7. The van der Waals surface area contributed by atoms with E-state index in [0.717, 1.165) is 41.4 Å². The number of benzene rings is 1. The molecule has 182 valence electrons. The molecule has 1 rings (SSSR count). The van der Waals surface area contributed by atoms with E-state index in [4.69, 9.17) is 5.11 Å². The fraction of sp³-hybridized carbons (Fsp3) is 0.680. The summed E-state index contributed by atoms with van der Waals surface area (Å²) in [7, 11) is -0.641. The molecule has 0 aliphatic heterocycles. The molecule has 0 aromatic heterocycles. The number of para-hydroxylation sites is 1. The van der Waals surface area contributed by atoms with Crippen molar-refractivity contribution in [2.75, 3.05) is 23.1 Å². The van der Waals surface area contributed by atoms with Gasteiger partial charge in [-0.05, 0) is 37.1 Å². The van der Waals surface area contributed by atoms with Crippen LogP contribution in [0.25, 0.3) is 0 Å². The maximum atomic E-state index is 12.3. The zero-order chi connectivity index (χ0) is 23.4. The molecular formula is C25H41NO4S2. The van der Waals surface area contributed by atoms with Crippen molar-refractivity contribution in [3.05, 3.63) is 24.3 Å². The highest BCUT2D eigenvalue weighted by Gasteiger charge is 2.07. The predicted molar refractivity (Wildman–Crippen MR) is 137 cm³/mol. The van der Waals surface area contributed by atoms with Gasteiger partial charge in [-0.2, -0.15) is 0 Å². The summed E-state index contributed by atoms with van der Waals surface area (Å²) < 4.78 is 11.0. The third-order valence-electron chi connectivity index (χ3n) is 5.29. The molecule has 1 amide bonds. The largest absolute Gasteiger partial charge is 0.481 e. The van der Waals surface area contributed by atoms with Crippen molar-refractivity contribution in [1.82, 2.24) is 0 Å². The Kier molecular flexibility index (Phi) is 17.2. The van der Waals surface area contributed by atoms with Crippen LogP contribution < -0.4 is 5.32 Å². The van der Waals surface area contributed by atoms with Crippen molar-refractivity contribution < 1.29 is 18.9 Å². The highest BCUT2D eigenvalue weighted by atomic mass is 32.2. The molecule has 0 saturated heterocycles. The van der Waals surface area contributed by atoms with Gasteiger partial charge >= 0.3 is 5.97 Å². The standard InChI is InChI=1S/C25H41NO4S2/c1-32(30)21-14-10-8-6-4-2-3-5-7-9-11-18-24(27)26-22-16-12-13-17-23(22)31-20-15-19-25(28)29/h12-13,16-17H,2-11,14-15,18-21H2,1H3,(H,26,27)(H,28,29). The van der Waals surface area contributed by atoms with Crippen LogP contribution in [0.2, 0.25) is 0 Å². The smallest absolute Gasteiger partial charge is 0.303 e. The summed E-state index contributed by atoms with van der Waals surface area (Å²) in [5, 5.41) is 11.7. The molecule has 1 atom stereocenters. The summed E-state index contributed by atoms with van der Waals surface area (Å²) in [6, 6.07) is 7.71. The number of hydrogen-bond acceptors (Lipinski definition) is 4. The zero-order valence-corrected chi connectivity index (χ0v) is 21.2. The van der Waals surface area contributed by atoms with Crippen molar-refractivity contribution >= 4 is 40.1 Å². The summed E-state index contributed by atoms with van der Waals surface area (Å²) in [5.41, 5.74) is 0.820. The number of unbranched alkanes of at least 4 members (excludes halogenated alkanes) is 10. The molecule has 0 spiro atoms. The van der Waals surface area contributed by atoms with E-state index < -0.39 is 16.8 Å². The predicted octanol–water partition coefficient (Wildman–Crippen LogP) is 6.64. The fourth-order valence-corrected chi connectivity index (χ4v) is 5.06. The number of anilines is 1. The van der Waals surface area contributed by atoms with Gasteiger partial charge in [0.25, 0.3) is 0 Å². The third kappa shape index (κ3) is 16.3. The molecule has 1 aromatic rings. The first-order valence-electron chi connectivity index (χ1n) is 12.0. The molecule has 32 heavy (non-hydrogen) atoms. The lowest BCUT2D eigenvalue weighted by atomic mass is 10.1. The molecule has 0 aliphatic carbocycles. The van der Waals surface area contributed by atoms with Crippen LogP contribution in [-0.2, 0) is 20.4 Å². The van der Waals surface area contributed by atoms with E-state index >= 15 is 0 Å². The first-order chi connectivity index (χ1) is 15.5. The van der Waals surface area contributed by atoms with Gasteiger partial charge in [0.2, 0.25) is 5.91 Å². The molecule has 0 saturated carbocycles. The van der Waals surface area contributed by atoms with Gasteiger partial charge in [-0.25, -0.2) is 0 Å². The topological polar surface area (TPSA) is 83.5 Å². The molecule has 1 unspecified atom stereocenters. The average Bonchev–Trinajstić information content (AvgIpc) is 2.75. The minimum atomic E-state index is -0.773. The Morgan fingerprint density at radius 3 is 2.00 bits per heavy atom. The van der Waals surface area contributed by atoms with Gasteiger partial charge in [0.05, 0.1) is 5.69 Å². The highest BCUT2D eigenvalue weighted by molar-refractivity contribution is 7.99. The van der Waals surface area contributed by atoms with Crippen LogP contribution in [0.4, 0.5) is 5.69 Å². The van der Waals surface area contributed by atoms with E-state index in [1.54, 1.807) is 18.0 Å². The monoisotopic (exact) mass is 483 g/mol. The second-order valence-electron chi connectivity index (χ2n) is 8.31. The quantitative estimate of drug-likeness (QED) is 0.160.